The first kappa shape index (κ1) is 16.5. The highest BCUT2D eigenvalue weighted by atomic mass is 16.2. The molecule has 1 saturated carbocycles. The minimum absolute atomic E-state index is 0.0593. The van der Waals surface area contributed by atoms with Crippen molar-refractivity contribution in [3.63, 3.8) is 0 Å². The van der Waals surface area contributed by atoms with Crippen molar-refractivity contribution < 1.29 is 4.79 Å². The first-order valence-corrected chi connectivity index (χ1v) is 8.93. The van der Waals surface area contributed by atoms with E-state index in [2.05, 4.69) is 47.5 Å². The van der Waals surface area contributed by atoms with Crippen molar-refractivity contribution in [2.24, 2.45) is 11.7 Å². The van der Waals surface area contributed by atoms with Crippen LogP contribution in [0.4, 0.5) is 0 Å². The predicted octanol–water partition coefficient (Wildman–Crippen LogP) is 2.28. The number of amides is 1. The van der Waals surface area contributed by atoms with Gasteiger partial charge in [-0.3, -0.25) is 9.69 Å². The minimum atomic E-state index is -0.614. The first-order valence-electron chi connectivity index (χ1n) is 8.93. The maximum Gasteiger partial charge on any atom is 0.240 e. The van der Waals surface area contributed by atoms with E-state index in [4.69, 9.17) is 5.73 Å². The van der Waals surface area contributed by atoms with Crippen LogP contribution in [0.1, 0.15) is 44.6 Å². The second-order valence-corrected chi connectivity index (χ2v) is 7.39. The Bertz CT molecular complexity index is 525. The molecule has 0 bridgehead atoms. The van der Waals surface area contributed by atoms with Gasteiger partial charge in [-0.25, -0.2) is 0 Å². The van der Waals surface area contributed by atoms with Crippen molar-refractivity contribution >= 4 is 5.91 Å². The molecular formula is C19H29N3O. The third kappa shape index (κ3) is 3.93. The summed E-state index contributed by atoms with van der Waals surface area (Å²) >= 11 is 0. The van der Waals surface area contributed by atoms with Crippen molar-refractivity contribution in [1.82, 2.24) is 10.2 Å². The molecule has 1 amide bonds. The molecule has 2 atom stereocenters. The van der Waals surface area contributed by atoms with E-state index >= 15 is 0 Å². The molecule has 23 heavy (non-hydrogen) atoms. The van der Waals surface area contributed by atoms with Crippen molar-refractivity contribution in [1.29, 1.82) is 0 Å². The number of benzene rings is 1. The Morgan fingerprint density at radius 1 is 1.35 bits per heavy atom. The van der Waals surface area contributed by atoms with Crippen LogP contribution in [-0.4, -0.2) is 35.5 Å². The van der Waals surface area contributed by atoms with E-state index in [1.165, 1.54) is 5.56 Å². The Labute approximate surface area is 139 Å². The Balaban J connectivity index is 1.49. The van der Waals surface area contributed by atoms with Gasteiger partial charge in [0.2, 0.25) is 5.91 Å². The number of hydrogen-bond acceptors (Lipinski definition) is 3. The van der Waals surface area contributed by atoms with Gasteiger partial charge < -0.3 is 11.1 Å². The Hall–Kier alpha value is -1.39. The summed E-state index contributed by atoms with van der Waals surface area (Å²) in [4.78, 5) is 14.9. The molecule has 3 N–H and O–H groups in total. The lowest BCUT2D eigenvalue weighted by atomic mass is 9.95. The highest BCUT2D eigenvalue weighted by molar-refractivity contribution is 5.86. The first-order chi connectivity index (χ1) is 11.1. The van der Waals surface area contributed by atoms with Crippen LogP contribution in [0.2, 0.25) is 0 Å². The molecule has 2 aliphatic rings. The van der Waals surface area contributed by atoms with Gasteiger partial charge in [0.05, 0.1) is 5.54 Å². The van der Waals surface area contributed by atoms with Gasteiger partial charge in [-0.1, -0.05) is 43.2 Å². The quantitative estimate of drug-likeness (QED) is 0.876. The Morgan fingerprint density at radius 2 is 2.04 bits per heavy atom. The highest BCUT2D eigenvalue weighted by Crippen LogP contribution is 2.28. The van der Waals surface area contributed by atoms with Gasteiger partial charge in [0.25, 0.3) is 0 Å². The molecule has 0 spiro atoms. The standard InChI is InChI=1S/C19H29N3O/c1-15(21-18(23)19(20)10-5-6-11-19)17-9-12-22(14-17)13-16-7-3-2-4-8-16/h2-4,7-8,15,17H,5-6,9-14,20H2,1H3,(H,21,23). The third-order valence-electron chi connectivity index (χ3n) is 5.57. The number of nitrogens with one attached hydrogen (secondary N) is 1. The molecule has 4 nitrogen and oxygen atoms in total. The van der Waals surface area contributed by atoms with Crippen LogP contribution in [0.5, 0.6) is 0 Å². The van der Waals surface area contributed by atoms with Crippen molar-refractivity contribution in [2.75, 3.05) is 13.1 Å². The molecule has 1 saturated heterocycles. The van der Waals surface area contributed by atoms with Crippen LogP contribution in [0.3, 0.4) is 0 Å². The lowest BCUT2D eigenvalue weighted by Crippen LogP contribution is -2.55. The fourth-order valence-corrected chi connectivity index (χ4v) is 3.96. The zero-order valence-corrected chi connectivity index (χ0v) is 14.1. The van der Waals surface area contributed by atoms with Crippen LogP contribution >= 0.6 is 0 Å². The minimum Gasteiger partial charge on any atom is -0.352 e. The van der Waals surface area contributed by atoms with Crippen LogP contribution in [0.15, 0.2) is 30.3 Å². The lowest BCUT2D eigenvalue weighted by Gasteiger charge is -2.28. The summed E-state index contributed by atoms with van der Waals surface area (Å²) in [5.41, 5.74) is 7.00. The number of rotatable bonds is 5. The average Bonchev–Trinajstić information content (AvgIpc) is 3.18. The molecule has 3 rings (SSSR count). The van der Waals surface area contributed by atoms with E-state index in [0.29, 0.717) is 5.92 Å². The van der Waals surface area contributed by atoms with E-state index in [0.717, 1.165) is 51.7 Å². The summed E-state index contributed by atoms with van der Waals surface area (Å²) < 4.78 is 0. The molecule has 0 radical (unpaired) electrons. The molecule has 1 aromatic carbocycles. The van der Waals surface area contributed by atoms with E-state index in [9.17, 15) is 4.79 Å². The molecule has 126 valence electrons. The van der Waals surface area contributed by atoms with Gasteiger partial charge in [0.1, 0.15) is 0 Å². The van der Waals surface area contributed by atoms with Crippen LogP contribution in [-0.2, 0) is 11.3 Å². The number of hydrogen-bond donors (Lipinski definition) is 2. The molecule has 4 heteroatoms. The maximum absolute atomic E-state index is 12.5. The number of carbonyl (C=O) groups is 1. The van der Waals surface area contributed by atoms with E-state index < -0.39 is 5.54 Å². The summed E-state index contributed by atoms with van der Waals surface area (Å²) in [6.07, 6.45) is 4.96. The van der Waals surface area contributed by atoms with Crippen molar-refractivity contribution in [3.05, 3.63) is 35.9 Å². The lowest BCUT2D eigenvalue weighted by molar-refractivity contribution is -0.127. The Morgan fingerprint density at radius 3 is 2.74 bits per heavy atom. The van der Waals surface area contributed by atoms with Gasteiger partial charge in [-0.2, -0.15) is 0 Å². The number of carbonyl (C=O) groups excluding carboxylic acids is 1. The second kappa shape index (κ2) is 7.02. The van der Waals surface area contributed by atoms with Gasteiger partial charge in [-0.05, 0) is 44.2 Å². The topological polar surface area (TPSA) is 58.4 Å². The summed E-state index contributed by atoms with van der Waals surface area (Å²) in [5.74, 6) is 0.580. The Kier molecular flexibility index (Phi) is 5.02. The zero-order valence-electron chi connectivity index (χ0n) is 14.1. The normalized spacial score (nSPS) is 25.4. The third-order valence-corrected chi connectivity index (χ3v) is 5.57. The predicted molar refractivity (Wildman–Crippen MR) is 92.8 cm³/mol. The van der Waals surface area contributed by atoms with Gasteiger partial charge in [-0.15, -0.1) is 0 Å². The zero-order chi connectivity index (χ0) is 16.3. The molecule has 0 aromatic heterocycles. The second-order valence-electron chi connectivity index (χ2n) is 7.39. The largest absolute Gasteiger partial charge is 0.352 e. The summed E-state index contributed by atoms with van der Waals surface area (Å²) in [7, 11) is 0. The molecule has 1 heterocycles. The van der Waals surface area contributed by atoms with Gasteiger partial charge in [0, 0.05) is 19.1 Å². The SMILES string of the molecule is CC(NC(=O)C1(N)CCCC1)C1CCN(Cc2ccccc2)C1. The molecule has 2 fully saturated rings. The summed E-state index contributed by atoms with van der Waals surface area (Å²) in [5, 5.41) is 3.20. The highest BCUT2D eigenvalue weighted by Gasteiger charge is 2.38. The van der Waals surface area contributed by atoms with Crippen molar-refractivity contribution in [2.45, 2.75) is 57.2 Å². The van der Waals surface area contributed by atoms with Crippen molar-refractivity contribution in [3.8, 4) is 0 Å². The molecule has 2 unspecified atom stereocenters. The monoisotopic (exact) mass is 315 g/mol. The van der Waals surface area contributed by atoms with Crippen LogP contribution < -0.4 is 11.1 Å². The van der Waals surface area contributed by atoms with Gasteiger partial charge in [0.15, 0.2) is 0 Å². The van der Waals surface area contributed by atoms with Crippen LogP contribution in [0.25, 0.3) is 0 Å². The van der Waals surface area contributed by atoms with Crippen LogP contribution in [0, 0.1) is 5.92 Å². The van der Waals surface area contributed by atoms with E-state index in [-0.39, 0.29) is 11.9 Å². The molecule has 1 aliphatic heterocycles. The number of likely N-dealkylation sites (tertiary alicyclic amines) is 1. The van der Waals surface area contributed by atoms with E-state index in [1.54, 1.807) is 0 Å². The summed E-state index contributed by atoms with van der Waals surface area (Å²) in [6.45, 7) is 5.28. The fraction of sp³-hybridized carbons (Fsp3) is 0.632. The van der Waals surface area contributed by atoms with Gasteiger partial charge >= 0.3 is 0 Å². The number of nitrogens with two attached hydrogens (primary N) is 1. The maximum atomic E-state index is 12.5. The molecule has 1 aromatic rings. The average molecular weight is 315 g/mol. The number of nitrogens with zero attached hydrogens (tertiary/aromatic N) is 1. The fourth-order valence-electron chi connectivity index (χ4n) is 3.96. The van der Waals surface area contributed by atoms with E-state index in [1.807, 2.05) is 0 Å². The molecule has 1 aliphatic carbocycles. The molecular weight excluding hydrogens is 286 g/mol. The summed E-state index contributed by atoms with van der Waals surface area (Å²) in [6, 6.07) is 10.8. The smallest absolute Gasteiger partial charge is 0.240 e.